The zero-order valence-corrected chi connectivity index (χ0v) is 10.9. The fourth-order valence-electron chi connectivity index (χ4n) is 2.25. The van der Waals surface area contributed by atoms with Crippen LogP contribution in [0.4, 0.5) is 4.79 Å². The zero-order chi connectivity index (χ0) is 13.2. The molecule has 5 nitrogen and oxygen atoms in total. The number of carbonyl (C=O) groups excluding carboxylic acids is 1. The Bertz CT molecular complexity index is 300. The van der Waals surface area contributed by atoms with Crippen molar-refractivity contribution < 1.29 is 19.4 Å². The van der Waals surface area contributed by atoms with Crippen molar-refractivity contribution in [2.24, 2.45) is 0 Å². The van der Waals surface area contributed by atoms with Crippen LogP contribution in [0.1, 0.15) is 40.5 Å². The summed E-state index contributed by atoms with van der Waals surface area (Å²) in [7, 11) is 0. The largest absolute Gasteiger partial charge is 0.465 e. The average molecular weight is 243 g/mol. The maximum absolute atomic E-state index is 11.3. The molecule has 0 saturated carbocycles. The molecule has 1 rings (SSSR count). The molecule has 0 aromatic heterocycles. The second-order valence-electron chi connectivity index (χ2n) is 5.49. The Balaban J connectivity index is 2.68. The first-order valence-corrected chi connectivity index (χ1v) is 5.88. The van der Waals surface area contributed by atoms with E-state index in [1.165, 1.54) is 11.8 Å². The van der Waals surface area contributed by atoms with Gasteiger partial charge in [-0.1, -0.05) is 0 Å². The highest BCUT2D eigenvalue weighted by Gasteiger charge is 2.36. The van der Waals surface area contributed by atoms with E-state index in [9.17, 15) is 14.7 Å². The molecular weight excluding hydrogens is 222 g/mol. The van der Waals surface area contributed by atoms with E-state index in [2.05, 4.69) is 0 Å². The summed E-state index contributed by atoms with van der Waals surface area (Å²) in [4.78, 5) is 23.8. The normalized spacial score (nSPS) is 25.4. The molecule has 0 bridgehead atoms. The second-order valence-corrected chi connectivity index (χ2v) is 5.49. The first-order valence-electron chi connectivity index (χ1n) is 5.88. The fourth-order valence-corrected chi connectivity index (χ4v) is 2.25. The molecule has 1 aliphatic rings. The Kier molecular flexibility index (Phi) is 4.14. The maximum atomic E-state index is 11.3. The molecule has 0 spiro atoms. The van der Waals surface area contributed by atoms with Crippen molar-refractivity contribution in [3.8, 4) is 0 Å². The molecule has 0 aliphatic carbocycles. The quantitative estimate of drug-likeness (QED) is 0.804. The van der Waals surface area contributed by atoms with Gasteiger partial charge >= 0.3 is 6.09 Å². The van der Waals surface area contributed by atoms with Crippen molar-refractivity contribution in [3.05, 3.63) is 0 Å². The van der Waals surface area contributed by atoms with Gasteiger partial charge in [-0.15, -0.1) is 0 Å². The van der Waals surface area contributed by atoms with Crippen LogP contribution in [0.5, 0.6) is 0 Å². The fraction of sp³-hybridized carbons (Fsp3) is 0.833. The minimum Gasteiger partial charge on any atom is -0.465 e. The van der Waals surface area contributed by atoms with Gasteiger partial charge in [0.2, 0.25) is 0 Å². The van der Waals surface area contributed by atoms with Gasteiger partial charge in [-0.25, -0.2) is 4.79 Å². The molecule has 1 amide bonds. The summed E-state index contributed by atoms with van der Waals surface area (Å²) < 4.78 is 5.42. The number of amides is 1. The summed E-state index contributed by atoms with van der Waals surface area (Å²) in [5.74, 6) is 0.0149. The number of carbonyl (C=O) groups is 2. The lowest BCUT2D eigenvalue weighted by Gasteiger charge is -2.42. The van der Waals surface area contributed by atoms with Crippen molar-refractivity contribution in [1.82, 2.24) is 4.90 Å². The number of carboxylic acid groups (broad SMARTS) is 1. The third kappa shape index (κ3) is 3.43. The van der Waals surface area contributed by atoms with Crippen molar-refractivity contribution in [2.45, 2.75) is 58.2 Å². The Morgan fingerprint density at radius 3 is 2.18 bits per heavy atom. The predicted octanol–water partition coefficient (Wildman–Crippen LogP) is 1.90. The number of Topliss-reactive ketones (excluding diaryl/α,β-unsaturated/α-hetero) is 1. The summed E-state index contributed by atoms with van der Waals surface area (Å²) in [6, 6.07) is -0.164. The van der Waals surface area contributed by atoms with Crippen molar-refractivity contribution in [1.29, 1.82) is 0 Å². The monoisotopic (exact) mass is 243 g/mol. The van der Waals surface area contributed by atoms with Crippen LogP contribution in [-0.4, -0.2) is 46.2 Å². The van der Waals surface area contributed by atoms with E-state index in [4.69, 9.17) is 4.74 Å². The molecule has 1 saturated heterocycles. The molecule has 17 heavy (non-hydrogen) atoms. The number of hydrogen-bond donors (Lipinski definition) is 1. The summed E-state index contributed by atoms with van der Waals surface area (Å²) in [5.41, 5.74) is -0.455. The highest BCUT2D eigenvalue weighted by molar-refractivity contribution is 5.80. The third-order valence-electron chi connectivity index (χ3n) is 3.00. The average Bonchev–Trinajstić information content (AvgIpc) is 2.15. The van der Waals surface area contributed by atoms with Crippen molar-refractivity contribution in [3.63, 3.8) is 0 Å². The molecule has 2 atom stereocenters. The summed E-state index contributed by atoms with van der Waals surface area (Å²) in [5, 5.41) is 9.24. The molecule has 5 heteroatoms. The lowest BCUT2D eigenvalue weighted by atomic mass is 9.97. The second kappa shape index (κ2) is 5.04. The van der Waals surface area contributed by atoms with E-state index in [0.29, 0.717) is 19.4 Å². The number of ether oxygens (including phenoxy) is 1. The van der Waals surface area contributed by atoms with Crippen LogP contribution in [0.25, 0.3) is 0 Å². The zero-order valence-electron chi connectivity index (χ0n) is 10.9. The molecule has 0 aromatic rings. The number of nitrogens with zero attached hydrogens (tertiary/aromatic N) is 1. The molecule has 0 radical (unpaired) electrons. The minimum atomic E-state index is -0.938. The van der Waals surface area contributed by atoms with E-state index in [0.717, 1.165) is 0 Å². The van der Waals surface area contributed by atoms with Crippen molar-refractivity contribution in [2.75, 3.05) is 6.61 Å². The van der Waals surface area contributed by atoms with Crippen LogP contribution >= 0.6 is 0 Å². The van der Waals surface area contributed by atoms with Crippen LogP contribution in [0.3, 0.4) is 0 Å². The van der Waals surface area contributed by atoms with E-state index in [-0.39, 0.29) is 17.9 Å². The SMILES string of the molecule is CC(=O)[C@@H]1CC[C@@H](N(C(=O)O)C(C)(C)C)CO1. The highest BCUT2D eigenvalue weighted by Crippen LogP contribution is 2.25. The molecule has 98 valence electrons. The molecular formula is C12H21NO4. The first-order chi connectivity index (χ1) is 7.73. The predicted molar refractivity (Wildman–Crippen MR) is 63.1 cm³/mol. The van der Waals surface area contributed by atoms with Gasteiger partial charge < -0.3 is 9.84 Å². The Morgan fingerprint density at radius 1 is 1.29 bits per heavy atom. The molecule has 0 aromatic carbocycles. The van der Waals surface area contributed by atoms with Gasteiger partial charge in [-0.05, 0) is 40.5 Å². The summed E-state index contributed by atoms with van der Waals surface area (Å²) in [6.45, 7) is 7.38. The standard InChI is InChI=1S/C12H21NO4/c1-8(14)10-6-5-9(7-17-10)13(11(15)16)12(2,3)4/h9-10H,5-7H2,1-4H3,(H,15,16)/t9-,10+/m1/s1. The van der Waals surface area contributed by atoms with E-state index in [1.807, 2.05) is 20.8 Å². The lowest BCUT2D eigenvalue weighted by Crippen LogP contribution is -2.55. The van der Waals surface area contributed by atoms with Crippen LogP contribution < -0.4 is 0 Å². The highest BCUT2D eigenvalue weighted by atomic mass is 16.5. The van der Waals surface area contributed by atoms with Gasteiger partial charge in [0, 0.05) is 5.54 Å². The Morgan fingerprint density at radius 2 is 1.88 bits per heavy atom. The third-order valence-corrected chi connectivity index (χ3v) is 3.00. The number of rotatable bonds is 2. The van der Waals surface area contributed by atoms with Gasteiger partial charge in [-0.2, -0.15) is 0 Å². The Labute approximate surface area is 102 Å². The molecule has 1 fully saturated rings. The summed E-state index contributed by atoms with van der Waals surface area (Å²) >= 11 is 0. The molecule has 1 aliphatic heterocycles. The van der Waals surface area contributed by atoms with E-state index < -0.39 is 11.6 Å². The topological polar surface area (TPSA) is 66.8 Å². The smallest absolute Gasteiger partial charge is 0.408 e. The van der Waals surface area contributed by atoms with Gasteiger partial charge in [-0.3, -0.25) is 9.69 Å². The van der Waals surface area contributed by atoms with Gasteiger partial charge in [0.05, 0.1) is 12.6 Å². The van der Waals surface area contributed by atoms with E-state index >= 15 is 0 Å². The minimum absolute atomic E-state index is 0.0149. The maximum Gasteiger partial charge on any atom is 0.408 e. The Hall–Kier alpha value is -1.10. The van der Waals surface area contributed by atoms with Crippen LogP contribution in [-0.2, 0) is 9.53 Å². The van der Waals surface area contributed by atoms with Crippen LogP contribution in [0.2, 0.25) is 0 Å². The summed E-state index contributed by atoms with van der Waals surface area (Å²) in [6.07, 6.45) is -0.0255. The van der Waals surface area contributed by atoms with Crippen molar-refractivity contribution >= 4 is 11.9 Å². The number of hydrogen-bond acceptors (Lipinski definition) is 3. The number of ketones is 1. The lowest BCUT2D eigenvalue weighted by molar-refractivity contribution is -0.134. The van der Waals surface area contributed by atoms with Crippen LogP contribution in [0.15, 0.2) is 0 Å². The first kappa shape index (κ1) is 14.0. The van der Waals surface area contributed by atoms with E-state index in [1.54, 1.807) is 0 Å². The molecule has 0 unspecified atom stereocenters. The van der Waals surface area contributed by atoms with Gasteiger partial charge in [0.15, 0.2) is 5.78 Å². The van der Waals surface area contributed by atoms with Crippen LogP contribution in [0, 0.1) is 0 Å². The molecule has 1 heterocycles. The molecule has 1 N–H and O–H groups in total. The van der Waals surface area contributed by atoms with Gasteiger partial charge in [0.25, 0.3) is 0 Å². The van der Waals surface area contributed by atoms with Gasteiger partial charge in [0.1, 0.15) is 6.10 Å².